The molecule has 0 fully saturated rings. The van der Waals surface area contributed by atoms with E-state index < -0.39 is 5.91 Å². The summed E-state index contributed by atoms with van der Waals surface area (Å²) in [5.41, 5.74) is 0.394. The number of allylic oxidation sites excluding steroid dienone is 2. The van der Waals surface area contributed by atoms with Crippen LogP contribution in [0.1, 0.15) is 19.3 Å². The minimum absolute atomic E-state index is 0.155. The third kappa shape index (κ3) is 4.48. The van der Waals surface area contributed by atoms with Gasteiger partial charge in [0.15, 0.2) is 6.61 Å². The second-order valence-corrected chi connectivity index (χ2v) is 5.52. The van der Waals surface area contributed by atoms with Crippen LogP contribution in [0.15, 0.2) is 30.4 Å². The fourth-order valence-electron chi connectivity index (χ4n) is 2.05. The Hall–Kier alpha value is -1.52. The number of rotatable bonds is 4. The Kier molecular flexibility index (Phi) is 5.65. The summed E-state index contributed by atoms with van der Waals surface area (Å²) in [5, 5.41) is 3.17. The molecule has 21 heavy (non-hydrogen) atoms. The highest BCUT2D eigenvalue weighted by molar-refractivity contribution is 6.43. The van der Waals surface area contributed by atoms with Crippen molar-refractivity contribution in [2.45, 2.75) is 19.3 Å². The van der Waals surface area contributed by atoms with Crippen LogP contribution >= 0.6 is 23.2 Å². The zero-order valence-electron chi connectivity index (χ0n) is 11.3. The maximum absolute atomic E-state index is 11.8. The molecule has 0 unspecified atom stereocenters. The van der Waals surface area contributed by atoms with Crippen molar-refractivity contribution in [3.63, 3.8) is 0 Å². The molecule has 0 saturated heterocycles. The van der Waals surface area contributed by atoms with E-state index in [0.29, 0.717) is 17.1 Å². The number of amides is 1. The fourth-order valence-corrected chi connectivity index (χ4v) is 2.40. The van der Waals surface area contributed by atoms with E-state index in [1.54, 1.807) is 18.2 Å². The van der Waals surface area contributed by atoms with Crippen LogP contribution in [0.3, 0.4) is 0 Å². The van der Waals surface area contributed by atoms with Gasteiger partial charge in [0.05, 0.1) is 21.7 Å². The van der Waals surface area contributed by atoms with Gasteiger partial charge in [-0.15, -0.1) is 0 Å². The Bertz CT molecular complexity index is 572. The molecule has 4 nitrogen and oxygen atoms in total. The molecule has 0 aliphatic heterocycles. The Morgan fingerprint density at radius 3 is 2.81 bits per heavy atom. The quantitative estimate of drug-likeness (QED) is 0.675. The van der Waals surface area contributed by atoms with Crippen LogP contribution in [-0.4, -0.2) is 18.5 Å². The highest BCUT2D eigenvalue weighted by Crippen LogP contribution is 2.29. The van der Waals surface area contributed by atoms with E-state index in [2.05, 4.69) is 5.32 Å². The minimum Gasteiger partial charge on any atom is -0.455 e. The SMILES string of the molecule is O=C(COC(=O)[C@H]1CC=CCC1)Nc1cccc(Cl)c1Cl. The van der Waals surface area contributed by atoms with Gasteiger partial charge in [-0.2, -0.15) is 0 Å². The number of ether oxygens (including phenoxy) is 1. The Morgan fingerprint density at radius 2 is 2.10 bits per heavy atom. The monoisotopic (exact) mass is 327 g/mol. The molecule has 6 heteroatoms. The summed E-state index contributed by atoms with van der Waals surface area (Å²) in [5.74, 6) is -0.942. The zero-order valence-corrected chi connectivity index (χ0v) is 12.8. The number of carbonyl (C=O) groups is 2. The molecule has 0 radical (unpaired) electrons. The maximum Gasteiger partial charge on any atom is 0.309 e. The summed E-state index contributed by atoms with van der Waals surface area (Å²) in [6.45, 7) is -0.331. The van der Waals surface area contributed by atoms with E-state index in [4.69, 9.17) is 27.9 Å². The molecule has 1 aromatic rings. The van der Waals surface area contributed by atoms with Crippen LogP contribution in [0.5, 0.6) is 0 Å². The summed E-state index contributed by atoms with van der Waals surface area (Å²) in [7, 11) is 0. The molecule has 1 aromatic carbocycles. The first-order valence-corrected chi connectivity index (χ1v) is 7.39. The highest BCUT2D eigenvalue weighted by atomic mass is 35.5. The van der Waals surface area contributed by atoms with Crippen LogP contribution in [-0.2, 0) is 14.3 Å². The molecule has 0 spiro atoms. The van der Waals surface area contributed by atoms with Gasteiger partial charge in [-0.1, -0.05) is 41.4 Å². The van der Waals surface area contributed by atoms with Gasteiger partial charge in [0.25, 0.3) is 5.91 Å². The maximum atomic E-state index is 11.8. The molecule has 1 atom stereocenters. The molecule has 1 N–H and O–H groups in total. The molecular weight excluding hydrogens is 313 g/mol. The van der Waals surface area contributed by atoms with Crippen LogP contribution in [0.2, 0.25) is 10.0 Å². The summed E-state index contributed by atoms with van der Waals surface area (Å²) in [6, 6.07) is 4.92. The van der Waals surface area contributed by atoms with E-state index in [1.807, 2.05) is 12.2 Å². The summed E-state index contributed by atoms with van der Waals surface area (Å²) >= 11 is 11.8. The van der Waals surface area contributed by atoms with Crippen molar-refractivity contribution in [2.75, 3.05) is 11.9 Å². The van der Waals surface area contributed by atoms with Crippen LogP contribution < -0.4 is 5.32 Å². The smallest absolute Gasteiger partial charge is 0.309 e. The number of nitrogens with one attached hydrogen (secondary N) is 1. The molecule has 0 heterocycles. The van der Waals surface area contributed by atoms with E-state index >= 15 is 0 Å². The van der Waals surface area contributed by atoms with Gasteiger partial charge in [0.1, 0.15) is 0 Å². The van der Waals surface area contributed by atoms with Crippen molar-refractivity contribution in [1.82, 2.24) is 0 Å². The van der Waals surface area contributed by atoms with Gasteiger partial charge in [-0.05, 0) is 31.4 Å². The third-order valence-electron chi connectivity index (χ3n) is 3.17. The van der Waals surface area contributed by atoms with Gasteiger partial charge < -0.3 is 10.1 Å². The van der Waals surface area contributed by atoms with E-state index in [9.17, 15) is 9.59 Å². The largest absolute Gasteiger partial charge is 0.455 e. The third-order valence-corrected chi connectivity index (χ3v) is 3.99. The Morgan fingerprint density at radius 1 is 1.29 bits per heavy atom. The standard InChI is InChI=1S/C15H15Cl2NO3/c16-11-7-4-8-12(14(11)17)18-13(19)9-21-15(20)10-5-2-1-3-6-10/h1-2,4,7-8,10H,3,5-6,9H2,(H,18,19)/t10-/m0/s1. The number of hydrogen-bond donors (Lipinski definition) is 1. The first-order valence-electron chi connectivity index (χ1n) is 6.63. The van der Waals surface area contributed by atoms with Gasteiger partial charge in [0, 0.05) is 0 Å². The Balaban J connectivity index is 1.83. The van der Waals surface area contributed by atoms with Gasteiger partial charge >= 0.3 is 5.97 Å². The second-order valence-electron chi connectivity index (χ2n) is 4.74. The van der Waals surface area contributed by atoms with Gasteiger partial charge in [-0.25, -0.2) is 0 Å². The number of carbonyl (C=O) groups excluding carboxylic acids is 2. The lowest BCUT2D eigenvalue weighted by Crippen LogP contribution is -2.25. The predicted molar refractivity (Wildman–Crippen MR) is 82.5 cm³/mol. The van der Waals surface area contributed by atoms with Crippen molar-refractivity contribution in [3.8, 4) is 0 Å². The normalized spacial score (nSPS) is 17.3. The number of esters is 1. The Labute approximate surface area is 133 Å². The lowest BCUT2D eigenvalue weighted by atomic mass is 9.95. The highest BCUT2D eigenvalue weighted by Gasteiger charge is 2.21. The summed E-state index contributed by atoms with van der Waals surface area (Å²) in [4.78, 5) is 23.6. The first kappa shape index (κ1) is 15.9. The number of benzene rings is 1. The van der Waals surface area contributed by atoms with Crippen molar-refractivity contribution >= 4 is 40.8 Å². The molecule has 1 aliphatic carbocycles. The number of halogens is 2. The van der Waals surface area contributed by atoms with Gasteiger partial charge in [-0.3, -0.25) is 9.59 Å². The van der Waals surface area contributed by atoms with Crippen LogP contribution in [0.4, 0.5) is 5.69 Å². The topological polar surface area (TPSA) is 55.4 Å². The lowest BCUT2D eigenvalue weighted by molar-refractivity contribution is -0.151. The van der Waals surface area contributed by atoms with E-state index in [0.717, 1.165) is 12.8 Å². The molecule has 0 aromatic heterocycles. The van der Waals surface area contributed by atoms with Crippen LogP contribution in [0, 0.1) is 5.92 Å². The lowest BCUT2D eigenvalue weighted by Gasteiger charge is -2.16. The van der Waals surface area contributed by atoms with E-state index in [1.165, 1.54) is 0 Å². The second kappa shape index (κ2) is 7.48. The van der Waals surface area contributed by atoms with Crippen molar-refractivity contribution < 1.29 is 14.3 Å². The molecule has 0 bridgehead atoms. The molecule has 1 amide bonds. The van der Waals surface area contributed by atoms with Crippen molar-refractivity contribution in [3.05, 3.63) is 40.4 Å². The molecular formula is C15H15Cl2NO3. The summed E-state index contributed by atoms with van der Waals surface area (Å²) in [6.07, 6.45) is 6.29. The van der Waals surface area contributed by atoms with Gasteiger partial charge in [0.2, 0.25) is 0 Å². The zero-order chi connectivity index (χ0) is 15.2. The van der Waals surface area contributed by atoms with E-state index in [-0.39, 0.29) is 23.5 Å². The summed E-state index contributed by atoms with van der Waals surface area (Å²) < 4.78 is 5.02. The molecule has 1 aliphatic rings. The number of anilines is 1. The fraction of sp³-hybridized carbons (Fsp3) is 0.333. The average Bonchev–Trinajstić information content (AvgIpc) is 2.50. The van der Waals surface area contributed by atoms with Crippen molar-refractivity contribution in [1.29, 1.82) is 0 Å². The minimum atomic E-state index is -0.445. The number of hydrogen-bond acceptors (Lipinski definition) is 3. The van der Waals surface area contributed by atoms with Crippen molar-refractivity contribution in [2.24, 2.45) is 5.92 Å². The average molecular weight is 328 g/mol. The molecule has 2 rings (SSSR count). The van der Waals surface area contributed by atoms with Crippen LogP contribution in [0.25, 0.3) is 0 Å². The first-order chi connectivity index (χ1) is 10.1. The molecule has 112 valence electrons. The predicted octanol–water partition coefficient (Wildman–Crippen LogP) is 3.83. The molecule has 0 saturated carbocycles.